The number of hydrogen-bond acceptors (Lipinski definition) is 6. The summed E-state index contributed by atoms with van der Waals surface area (Å²) < 4.78 is 17.0. The van der Waals surface area contributed by atoms with Crippen molar-refractivity contribution in [1.82, 2.24) is 15.5 Å². The number of amides is 1. The first-order chi connectivity index (χ1) is 13.2. The van der Waals surface area contributed by atoms with Crippen molar-refractivity contribution in [3.63, 3.8) is 0 Å². The van der Waals surface area contributed by atoms with E-state index in [1.807, 2.05) is 20.8 Å². The van der Waals surface area contributed by atoms with Gasteiger partial charge in [0.2, 0.25) is 5.75 Å². The minimum Gasteiger partial charge on any atom is -0.490 e. The standard InChI is InChI=1S/C19H26N4O4/c1-4-25-15-9-12(10-16(26-5-2)17(15)27-6-3)19(24)21-18-13-7-8-20-11-14(13)22-23-18/h9-10,20H,4-8,11H2,1-3H3,(H2,21,22,23,24). The van der Waals surface area contributed by atoms with E-state index >= 15 is 0 Å². The minimum atomic E-state index is -0.271. The molecule has 0 aliphatic carbocycles. The molecular formula is C19H26N4O4. The molecule has 3 rings (SSSR count). The second kappa shape index (κ2) is 8.77. The molecule has 2 heterocycles. The Morgan fingerprint density at radius 1 is 1.11 bits per heavy atom. The number of rotatable bonds is 8. The topological polar surface area (TPSA) is 97.5 Å². The Balaban J connectivity index is 1.90. The fourth-order valence-electron chi connectivity index (χ4n) is 3.05. The third-order valence-electron chi connectivity index (χ3n) is 4.21. The largest absolute Gasteiger partial charge is 0.490 e. The van der Waals surface area contributed by atoms with Gasteiger partial charge in [0.15, 0.2) is 17.3 Å². The molecule has 0 atom stereocenters. The van der Waals surface area contributed by atoms with Gasteiger partial charge in [-0.2, -0.15) is 5.10 Å². The summed E-state index contributed by atoms with van der Waals surface area (Å²) in [5, 5.41) is 13.4. The second-order valence-electron chi connectivity index (χ2n) is 6.01. The third kappa shape index (κ3) is 4.16. The number of fused-ring (bicyclic) bond motifs is 1. The molecule has 0 saturated heterocycles. The fourth-order valence-corrected chi connectivity index (χ4v) is 3.05. The van der Waals surface area contributed by atoms with Crippen LogP contribution in [0.4, 0.5) is 5.82 Å². The second-order valence-corrected chi connectivity index (χ2v) is 6.01. The van der Waals surface area contributed by atoms with E-state index in [0.717, 1.165) is 30.8 Å². The van der Waals surface area contributed by atoms with Crippen LogP contribution in [0.15, 0.2) is 12.1 Å². The van der Waals surface area contributed by atoms with Crippen LogP contribution in [0.5, 0.6) is 17.2 Å². The maximum absolute atomic E-state index is 12.8. The Labute approximate surface area is 158 Å². The fraction of sp³-hybridized carbons (Fsp3) is 0.474. The van der Waals surface area contributed by atoms with Crippen LogP contribution in [0.3, 0.4) is 0 Å². The Bertz CT molecular complexity index is 776. The van der Waals surface area contributed by atoms with Gasteiger partial charge in [0.05, 0.1) is 25.5 Å². The van der Waals surface area contributed by atoms with E-state index in [0.29, 0.717) is 48.5 Å². The number of H-pyrrole nitrogens is 1. The Kier molecular flexibility index (Phi) is 6.18. The van der Waals surface area contributed by atoms with Crippen LogP contribution in [0, 0.1) is 0 Å². The normalized spacial score (nSPS) is 13.0. The summed E-state index contributed by atoms with van der Waals surface area (Å²) in [5.74, 6) is 1.79. The van der Waals surface area contributed by atoms with E-state index < -0.39 is 0 Å². The van der Waals surface area contributed by atoms with Gasteiger partial charge in [-0.15, -0.1) is 0 Å². The van der Waals surface area contributed by atoms with Gasteiger partial charge in [0, 0.05) is 17.7 Å². The van der Waals surface area contributed by atoms with Gasteiger partial charge < -0.3 is 24.8 Å². The lowest BCUT2D eigenvalue weighted by molar-refractivity contribution is 0.102. The first-order valence-electron chi connectivity index (χ1n) is 9.32. The summed E-state index contributed by atoms with van der Waals surface area (Å²) in [4.78, 5) is 12.8. The van der Waals surface area contributed by atoms with Gasteiger partial charge in [0.1, 0.15) is 0 Å². The van der Waals surface area contributed by atoms with Crippen molar-refractivity contribution >= 4 is 11.7 Å². The average Bonchev–Trinajstić information content (AvgIpc) is 3.07. The number of aromatic nitrogens is 2. The van der Waals surface area contributed by atoms with E-state index in [1.165, 1.54) is 0 Å². The molecule has 27 heavy (non-hydrogen) atoms. The monoisotopic (exact) mass is 374 g/mol. The van der Waals surface area contributed by atoms with Crippen molar-refractivity contribution in [2.75, 3.05) is 31.7 Å². The maximum Gasteiger partial charge on any atom is 0.257 e. The number of nitrogens with one attached hydrogen (secondary N) is 3. The highest BCUT2D eigenvalue weighted by atomic mass is 16.5. The van der Waals surface area contributed by atoms with Gasteiger partial charge >= 0.3 is 0 Å². The molecule has 2 aromatic rings. The van der Waals surface area contributed by atoms with Gasteiger partial charge in [-0.25, -0.2) is 0 Å². The summed E-state index contributed by atoms with van der Waals surface area (Å²) in [7, 11) is 0. The summed E-state index contributed by atoms with van der Waals surface area (Å²) in [5.41, 5.74) is 2.48. The molecule has 3 N–H and O–H groups in total. The van der Waals surface area contributed by atoms with Crippen molar-refractivity contribution in [3.8, 4) is 17.2 Å². The zero-order chi connectivity index (χ0) is 19.2. The molecule has 8 nitrogen and oxygen atoms in total. The molecule has 0 fully saturated rings. The minimum absolute atomic E-state index is 0.271. The van der Waals surface area contributed by atoms with E-state index in [4.69, 9.17) is 14.2 Å². The number of aromatic amines is 1. The van der Waals surface area contributed by atoms with Crippen LogP contribution in [-0.4, -0.2) is 42.5 Å². The number of anilines is 1. The predicted molar refractivity (Wildman–Crippen MR) is 102 cm³/mol. The van der Waals surface area contributed by atoms with Crippen LogP contribution in [0.25, 0.3) is 0 Å². The Morgan fingerprint density at radius 3 is 2.41 bits per heavy atom. The van der Waals surface area contributed by atoms with E-state index in [1.54, 1.807) is 12.1 Å². The number of benzene rings is 1. The van der Waals surface area contributed by atoms with Crippen molar-refractivity contribution in [2.24, 2.45) is 0 Å². The SMILES string of the molecule is CCOc1cc(C(=O)Nc2n[nH]c3c2CCNC3)cc(OCC)c1OCC. The van der Waals surface area contributed by atoms with Crippen LogP contribution in [0.2, 0.25) is 0 Å². The summed E-state index contributed by atoms with van der Waals surface area (Å²) in [6.45, 7) is 8.62. The first kappa shape index (κ1) is 19.0. The first-order valence-corrected chi connectivity index (χ1v) is 9.32. The molecular weight excluding hydrogens is 348 g/mol. The molecule has 1 amide bonds. The molecule has 0 unspecified atom stereocenters. The van der Waals surface area contributed by atoms with Crippen LogP contribution in [0.1, 0.15) is 42.4 Å². The molecule has 8 heteroatoms. The zero-order valence-corrected chi connectivity index (χ0v) is 16.0. The molecule has 1 aliphatic rings. The molecule has 0 spiro atoms. The number of hydrogen-bond donors (Lipinski definition) is 3. The zero-order valence-electron chi connectivity index (χ0n) is 16.0. The number of carbonyl (C=O) groups is 1. The number of ether oxygens (including phenoxy) is 3. The molecule has 0 radical (unpaired) electrons. The average molecular weight is 374 g/mol. The van der Waals surface area contributed by atoms with Gasteiger partial charge in [0.25, 0.3) is 5.91 Å². The molecule has 146 valence electrons. The van der Waals surface area contributed by atoms with Crippen molar-refractivity contribution in [1.29, 1.82) is 0 Å². The smallest absolute Gasteiger partial charge is 0.257 e. The highest BCUT2D eigenvalue weighted by Gasteiger charge is 2.21. The lowest BCUT2D eigenvalue weighted by atomic mass is 10.1. The van der Waals surface area contributed by atoms with Gasteiger partial charge in [-0.3, -0.25) is 9.89 Å². The number of carbonyl (C=O) groups excluding carboxylic acids is 1. The van der Waals surface area contributed by atoms with Crippen molar-refractivity contribution < 1.29 is 19.0 Å². The molecule has 1 aromatic heterocycles. The van der Waals surface area contributed by atoms with Crippen LogP contribution in [-0.2, 0) is 13.0 Å². The number of nitrogens with zero attached hydrogens (tertiary/aromatic N) is 1. The van der Waals surface area contributed by atoms with Crippen LogP contribution < -0.4 is 24.8 Å². The van der Waals surface area contributed by atoms with Crippen LogP contribution >= 0.6 is 0 Å². The molecule has 1 aliphatic heterocycles. The van der Waals surface area contributed by atoms with E-state index in [-0.39, 0.29) is 5.91 Å². The predicted octanol–water partition coefficient (Wildman–Crippen LogP) is 2.50. The summed E-state index contributed by atoms with van der Waals surface area (Å²) in [6.07, 6.45) is 0.819. The maximum atomic E-state index is 12.8. The third-order valence-corrected chi connectivity index (χ3v) is 4.21. The van der Waals surface area contributed by atoms with Gasteiger partial charge in [-0.05, 0) is 45.9 Å². The quantitative estimate of drug-likeness (QED) is 0.657. The Morgan fingerprint density at radius 2 is 1.78 bits per heavy atom. The van der Waals surface area contributed by atoms with Crippen molar-refractivity contribution in [3.05, 3.63) is 29.0 Å². The Hall–Kier alpha value is -2.74. The summed E-state index contributed by atoms with van der Waals surface area (Å²) >= 11 is 0. The van der Waals surface area contributed by atoms with Gasteiger partial charge in [-0.1, -0.05) is 0 Å². The highest BCUT2D eigenvalue weighted by Crippen LogP contribution is 2.39. The lowest BCUT2D eigenvalue weighted by Crippen LogP contribution is -2.24. The molecule has 1 aromatic carbocycles. The van der Waals surface area contributed by atoms with E-state index in [9.17, 15) is 4.79 Å². The molecule has 0 bridgehead atoms. The summed E-state index contributed by atoms with van der Waals surface area (Å²) in [6, 6.07) is 3.35. The molecule has 0 saturated carbocycles. The van der Waals surface area contributed by atoms with Crippen molar-refractivity contribution in [2.45, 2.75) is 33.7 Å². The van der Waals surface area contributed by atoms with E-state index in [2.05, 4.69) is 20.8 Å². The highest BCUT2D eigenvalue weighted by molar-refractivity contribution is 6.05. The lowest BCUT2D eigenvalue weighted by Gasteiger charge is -2.17.